The highest BCUT2D eigenvalue weighted by Gasteiger charge is 2.34. The second kappa shape index (κ2) is 9.44. The third-order valence-corrected chi connectivity index (χ3v) is 6.90. The molecule has 0 aliphatic heterocycles. The minimum absolute atomic E-state index is 0.0244. The van der Waals surface area contributed by atoms with Gasteiger partial charge in [-0.15, -0.1) is 0 Å². The first-order valence-electron chi connectivity index (χ1n) is 9.71. The van der Waals surface area contributed by atoms with Gasteiger partial charge in [0, 0.05) is 5.69 Å². The predicted octanol–water partition coefficient (Wildman–Crippen LogP) is 5.81. The smallest absolute Gasteiger partial charge is 0.324 e. The lowest BCUT2D eigenvalue weighted by atomic mass is 10.1. The Morgan fingerprint density at radius 1 is 1.00 bits per heavy atom. The van der Waals surface area contributed by atoms with Crippen LogP contribution < -0.4 is 9.62 Å². The van der Waals surface area contributed by atoms with Crippen LogP contribution in [0.15, 0.2) is 71.6 Å². The van der Waals surface area contributed by atoms with Crippen LogP contribution >= 0.6 is 11.6 Å². The highest BCUT2D eigenvalue weighted by Crippen LogP contribution is 2.36. The largest absolute Gasteiger partial charge is 0.417 e. The molecule has 0 spiro atoms. The van der Waals surface area contributed by atoms with E-state index in [-0.39, 0.29) is 16.3 Å². The monoisotopic (exact) mass is 496 g/mol. The number of hydrogen-bond donors (Lipinski definition) is 1. The molecule has 0 bridgehead atoms. The molecule has 174 valence electrons. The number of amides is 1. The van der Waals surface area contributed by atoms with E-state index in [4.69, 9.17) is 11.6 Å². The van der Waals surface area contributed by atoms with Gasteiger partial charge in [-0.3, -0.25) is 9.10 Å². The van der Waals surface area contributed by atoms with Crippen molar-refractivity contribution in [3.8, 4) is 0 Å². The fourth-order valence-electron chi connectivity index (χ4n) is 3.26. The first kappa shape index (κ1) is 24.6. The fourth-order valence-corrected chi connectivity index (χ4v) is 4.99. The number of sulfonamides is 1. The van der Waals surface area contributed by atoms with E-state index in [2.05, 4.69) is 5.32 Å². The summed E-state index contributed by atoms with van der Waals surface area (Å²) in [6.07, 6.45) is -4.71. The van der Waals surface area contributed by atoms with Gasteiger partial charge in [0.25, 0.3) is 10.0 Å². The molecule has 0 aromatic heterocycles. The summed E-state index contributed by atoms with van der Waals surface area (Å²) >= 11 is 5.62. The van der Waals surface area contributed by atoms with E-state index >= 15 is 0 Å². The summed E-state index contributed by atoms with van der Waals surface area (Å²) in [5, 5.41) is 1.82. The minimum atomic E-state index is -4.71. The molecule has 0 unspecified atom stereocenters. The number of aryl methyl sites for hydroxylation is 2. The van der Waals surface area contributed by atoms with Gasteiger partial charge in [0.15, 0.2) is 0 Å². The minimum Gasteiger partial charge on any atom is -0.324 e. The van der Waals surface area contributed by atoms with Crippen molar-refractivity contribution in [1.29, 1.82) is 0 Å². The fraction of sp³-hybridized carbons (Fsp3) is 0.174. The number of carbonyl (C=O) groups excluding carboxylic acids is 1. The van der Waals surface area contributed by atoms with Crippen LogP contribution in [0.25, 0.3) is 0 Å². The lowest BCUT2D eigenvalue weighted by Gasteiger charge is -2.26. The maximum Gasteiger partial charge on any atom is 0.417 e. The van der Waals surface area contributed by atoms with Crippen molar-refractivity contribution in [3.63, 3.8) is 0 Å². The number of benzene rings is 3. The van der Waals surface area contributed by atoms with E-state index in [0.29, 0.717) is 11.6 Å². The SMILES string of the molecule is Cc1ccc(N(CC(=O)Nc2ccc(Cl)c(C(F)(F)F)c2)S(=O)(=O)c2ccccc2)c(C)c1. The van der Waals surface area contributed by atoms with Crippen molar-refractivity contribution < 1.29 is 26.4 Å². The van der Waals surface area contributed by atoms with Gasteiger partial charge in [0.2, 0.25) is 5.91 Å². The summed E-state index contributed by atoms with van der Waals surface area (Å²) in [5.74, 6) is -0.815. The van der Waals surface area contributed by atoms with Gasteiger partial charge in [-0.2, -0.15) is 13.2 Å². The van der Waals surface area contributed by atoms with E-state index in [0.717, 1.165) is 15.9 Å². The maximum atomic E-state index is 13.4. The van der Waals surface area contributed by atoms with E-state index in [9.17, 15) is 26.4 Å². The molecule has 0 saturated heterocycles. The summed E-state index contributed by atoms with van der Waals surface area (Å²) in [5.41, 5.74) is 0.540. The van der Waals surface area contributed by atoms with Gasteiger partial charge in [-0.05, 0) is 55.8 Å². The second-order valence-electron chi connectivity index (χ2n) is 7.36. The average Bonchev–Trinajstić information content (AvgIpc) is 2.73. The Bertz CT molecular complexity index is 1280. The normalized spacial score (nSPS) is 11.8. The lowest BCUT2D eigenvalue weighted by Crippen LogP contribution is -2.38. The van der Waals surface area contributed by atoms with Gasteiger partial charge in [0.1, 0.15) is 6.54 Å². The van der Waals surface area contributed by atoms with Crippen molar-refractivity contribution in [2.45, 2.75) is 24.9 Å². The van der Waals surface area contributed by atoms with E-state index in [1.807, 2.05) is 6.92 Å². The van der Waals surface area contributed by atoms with Gasteiger partial charge in [-0.1, -0.05) is 47.5 Å². The summed E-state index contributed by atoms with van der Waals surface area (Å²) in [7, 11) is -4.14. The van der Waals surface area contributed by atoms with Crippen LogP contribution in [0.3, 0.4) is 0 Å². The molecule has 0 saturated carbocycles. The number of alkyl halides is 3. The standard InChI is InChI=1S/C23H20ClF3N2O3S/c1-15-8-11-21(16(2)12-15)29(33(31,32)18-6-4-3-5-7-18)14-22(30)28-17-9-10-20(24)19(13-17)23(25,26)27/h3-13H,14H2,1-2H3,(H,28,30). The van der Waals surface area contributed by atoms with Crippen LogP contribution in [0, 0.1) is 13.8 Å². The van der Waals surface area contributed by atoms with Crippen LogP contribution in [0.5, 0.6) is 0 Å². The summed E-state index contributed by atoms with van der Waals surface area (Å²) in [6.45, 7) is 2.91. The first-order chi connectivity index (χ1) is 15.4. The Balaban J connectivity index is 1.97. The quantitative estimate of drug-likeness (QED) is 0.468. The molecule has 3 rings (SSSR count). The van der Waals surface area contributed by atoms with Crippen molar-refractivity contribution in [3.05, 3.63) is 88.4 Å². The molecular weight excluding hydrogens is 477 g/mol. The van der Waals surface area contributed by atoms with Crippen LogP contribution in [-0.2, 0) is 21.0 Å². The van der Waals surface area contributed by atoms with Gasteiger partial charge < -0.3 is 5.32 Å². The molecular formula is C23H20ClF3N2O3S. The van der Waals surface area contributed by atoms with Crippen LogP contribution in [-0.4, -0.2) is 20.9 Å². The molecule has 3 aromatic carbocycles. The maximum absolute atomic E-state index is 13.4. The molecule has 0 radical (unpaired) electrons. The number of anilines is 2. The number of carbonyl (C=O) groups is 1. The Labute approximate surface area is 194 Å². The molecule has 0 aliphatic carbocycles. The van der Waals surface area contributed by atoms with Crippen LogP contribution in [0.1, 0.15) is 16.7 Å². The average molecular weight is 497 g/mol. The molecule has 5 nitrogen and oxygen atoms in total. The zero-order valence-corrected chi connectivity index (χ0v) is 19.2. The van der Waals surface area contributed by atoms with E-state index < -0.39 is 39.2 Å². The lowest BCUT2D eigenvalue weighted by molar-refractivity contribution is -0.137. The summed E-state index contributed by atoms with van der Waals surface area (Å²) < 4.78 is 67.1. The van der Waals surface area contributed by atoms with Gasteiger partial charge >= 0.3 is 6.18 Å². The van der Waals surface area contributed by atoms with Gasteiger partial charge in [0.05, 0.1) is 21.2 Å². The predicted molar refractivity (Wildman–Crippen MR) is 122 cm³/mol. The molecule has 1 N–H and O–H groups in total. The Morgan fingerprint density at radius 3 is 2.27 bits per heavy atom. The Kier molecular flexibility index (Phi) is 7.04. The van der Waals surface area contributed by atoms with Crippen molar-refractivity contribution >= 4 is 38.9 Å². The summed E-state index contributed by atoms with van der Waals surface area (Å²) in [6, 6.07) is 15.6. The Morgan fingerprint density at radius 2 is 1.67 bits per heavy atom. The highest BCUT2D eigenvalue weighted by atomic mass is 35.5. The van der Waals surface area contributed by atoms with Crippen LogP contribution in [0.4, 0.5) is 24.5 Å². The molecule has 0 atom stereocenters. The molecule has 10 heteroatoms. The molecule has 0 fully saturated rings. The molecule has 33 heavy (non-hydrogen) atoms. The summed E-state index contributed by atoms with van der Waals surface area (Å²) in [4.78, 5) is 12.7. The number of nitrogens with one attached hydrogen (secondary N) is 1. The molecule has 0 aliphatic rings. The number of hydrogen-bond acceptors (Lipinski definition) is 3. The number of rotatable bonds is 6. The van der Waals surface area contributed by atoms with E-state index in [1.54, 1.807) is 43.3 Å². The van der Waals surface area contributed by atoms with Gasteiger partial charge in [-0.25, -0.2) is 8.42 Å². The van der Waals surface area contributed by atoms with Crippen LogP contribution in [0.2, 0.25) is 5.02 Å². The zero-order chi connectivity index (χ0) is 24.4. The first-order valence-corrected chi connectivity index (χ1v) is 11.5. The van der Waals surface area contributed by atoms with Crippen molar-refractivity contribution in [2.24, 2.45) is 0 Å². The van der Waals surface area contributed by atoms with Crippen molar-refractivity contribution in [2.75, 3.05) is 16.2 Å². The number of nitrogens with zero attached hydrogens (tertiary/aromatic N) is 1. The Hall–Kier alpha value is -3.04. The van der Waals surface area contributed by atoms with Crippen molar-refractivity contribution in [1.82, 2.24) is 0 Å². The third-order valence-electron chi connectivity index (χ3n) is 4.79. The molecule has 3 aromatic rings. The third kappa shape index (κ3) is 5.66. The zero-order valence-electron chi connectivity index (χ0n) is 17.7. The molecule has 1 amide bonds. The second-order valence-corrected chi connectivity index (χ2v) is 9.62. The van der Waals surface area contributed by atoms with E-state index in [1.165, 1.54) is 18.2 Å². The number of halogens is 4. The highest BCUT2D eigenvalue weighted by molar-refractivity contribution is 7.92. The molecule has 0 heterocycles. The topological polar surface area (TPSA) is 66.5 Å².